The van der Waals surface area contributed by atoms with Gasteiger partial charge in [-0.2, -0.15) is 0 Å². The summed E-state index contributed by atoms with van der Waals surface area (Å²) < 4.78 is 28.8. The van der Waals surface area contributed by atoms with Crippen molar-refractivity contribution in [3.8, 4) is 11.8 Å². The Morgan fingerprint density at radius 1 is 1.10 bits per heavy atom. The minimum absolute atomic E-state index is 0.114. The van der Waals surface area contributed by atoms with Crippen molar-refractivity contribution in [1.29, 1.82) is 0 Å². The lowest BCUT2D eigenvalue weighted by atomic mass is 10.1. The van der Waals surface area contributed by atoms with Crippen molar-refractivity contribution in [3.05, 3.63) is 42.0 Å². The predicted octanol–water partition coefficient (Wildman–Crippen LogP) is 2.20. The molecule has 2 aromatic rings. The third-order valence-electron chi connectivity index (χ3n) is 4.59. The van der Waals surface area contributed by atoms with Crippen LogP contribution in [0.2, 0.25) is 0 Å². The molecular weight excluding hydrogens is 412 g/mol. The van der Waals surface area contributed by atoms with Crippen LogP contribution < -0.4 is 9.57 Å². The molecule has 0 saturated carbocycles. The predicted molar refractivity (Wildman–Crippen MR) is 108 cm³/mol. The maximum atomic E-state index is 11.5. The number of hydrogen-bond donors (Lipinski definition) is 1. The van der Waals surface area contributed by atoms with Crippen LogP contribution in [0.1, 0.15) is 25.3 Å². The highest BCUT2D eigenvalue weighted by atomic mass is 32.2. The number of aromatic nitrogens is 2. The van der Waals surface area contributed by atoms with Gasteiger partial charge < -0.3 is 19.6 Å². The standard InChI is InChI=1S/C19H22N4O6S/c1-13(14-3-5-16(6-4-14)30(2,26)27)22-29-18-8-7-17(20-21-18)28-15-9-11-23(12-10-15)19(24)25/h3-8,15H,9-12H2,1-2H3,(H,24,25). The highest BCUT2D eigenvalue weighted by molar-refractivity contribution is 7.90. The smallest absolute Gasteiger partial charge is 0.407 e. The molecule has 3 rings (SSSR count). The lowest BCUT2D eigenvalue weighted by Crippen LogP contribution is -2.41. The second-order valence-corrected chi connectivity index (χ2v) is 8.88. The molecule has 160 valence electrons. The third-order valence-corrected chi connectivity index (χ3v) is 5.72. The number of hydrogen-bond acceptors (Lipinski definition) is 8. The number of rotatable bonds is 6. The lowest BCUT2D eigenvalue weighted by molar-refractivity contribution is 0.0863. The van der Waals surface area contributed by atoms with E-state index in [-0.39, 0.29) is 16.9 Å². The molecule has 0 atom stereocenters. The summed E-state index contributed by atoms with van der Waals surface area (Å²) in [4.78, 5) is 17.8. The molecule has 0 bridgehead atoms. The maximum absolute atomic E-state index is 11.5. The molecule has 1 saturated heterocycles. The topological polar surface area (TPSA) is 131 Å². The fourth-order valence-electron chi connectivity index (χ4n) is 2.87. The first-order valence-electron chi connectivity index (χ1n) is 9.23. The number of ether oxygens (including phenoxy) is 1. The number of carbonyl (C=O) groups is 1. The number of piperidine rings is 1. The monoisotopic (exact) mass is 434 g/mol. The summed E-state index contributed by atoms with van der Waals surface area (Å²) in [6.45, 7) is 2.57. The number of benzene rings is 1. The summed E-state index contributed by atoms with van der Waals surface area (Å²) in [6, 6.07) is 9.50. The molecule has 2 heterocycles. The van der Waals surface area contributed by atoms with E-state index in [4.69, 9.17) is 14.7 Å². The van der Waals surface area contributed by atoms with Gasteiger partial charge in [-0.3, -0.25) is 0 Å². The molecule has 1 fully saturated rings. The zero-order valence-corrected chi connectivity index (χ0v) is 17.4. The number of nitrogens with zero attached hydrogens (tertiary/aromatic N) is 4. The summed E-state index contributed by atoms with van der Waals surface area (Å²) >= 11 is 0. The highest BCUT2D eigenvalue weighted by Gasteiger charge is 2.23. The molecule has 1 aromatic heterocycles. The van der Waals surface area contributed by atoms with Gasteiger partial charge in [0.05, 0.1) is 10.6 Å². The van der Waals surface area contributed by atoms with E-state index in [1.165, 1.54) is 17.0 Å². The summed E-state index contributed by atoms with van der Waals surface area (Å²) in [5, 5.41) is 20.8. The Balaban J connectivity index is 1.54. The second kappa shape index (κ2) is 9.08. The van der Waals surface area contributed by atoms with Crippen LogP contribution in [0.5, 0.6) is 11.8 Å². The molecule has 1 N–H and O–H groups in total. The molecule has 1 aliphatic rings. The van der Waals surface area contributed by atoms with E-state index in [2.05, 4.69) is 15.4 Å². The van der Waals surface area contributed by atoms with Crippen LogP contribution >= 0.6 is 0 Å². The van der Waals surface area contributed by atoms with Crippen LogP contribution in [0.4, 0.5) is 4.79 Å². The van der Waals surface area contributed by atoms with Crippen molar-refractivity contribution in [2.45, 2.75) is 30.8 Å². The van der Waals surface area contributed by atoms with Crippen LogP contribution in [0, 0.1) is 0 Å². The van der Waals surface area contributed by atoms with E-state index < -0.39 is 15.9 Å². The van der Waals surface area contributed by atoms with Crippen LogP contribution in [0.25, 0.3) is 0 Å². The van der Waals surface area contributed by atoms with Crippen LogP contribution in [0.15, 0.2) is 46.4 Å². The first-order valence-corrected chi connectivity index (χ1v) is 11.1. The molecule has 10 nitrogen and oxygen atoms in total. The Kier molecular flexibility index (Phi) is 6.50. The zero-order valence-electron chi connectivity index (χ0n) is 16.6. The Morgan fingerprint density at radius 3 is 2.23 bits per heavy atom. The van der Waals surface area contributed by atoms with E-state index in [1.807, 2.05) is 0 Å². The van der Waals surface area contributed by atoms with Gasteiger partial charge in [-0.1, -0.05) is 17.3 Å². The van der Waals surface area contributed by atoms with E-state index >= 15 is 0 Å². The average molecular weight is 434 g/mol. The zero-order chi connectivity index (χ0) is 21.7. The summed E-state index contributed by atoms with van der Waals surface area (Å²) in [7, 11) is -3.25. The SMILES string of the molecule is CC(=NOc1ccc(OC2CCN(C(=O)O)CC2)nn1)c1ccc(S(C)(=O)=O)cc1. The first kappa shape index (κ1) is 21.5. The highest BCUT2D eigenvalue weighted by Crippen LogP contribution is 2.18. The van der Waals surface area contributed by atoms with Crippen molar-refractivity contribution in [3.63, 3.8) is 0 Å². The molecule has 1 aliphatic heterocycles. The van der Waals surface area contributed by atoms with Crippen molar-refractivity contribution < 1.29 is 27.9 Å². The normalized spacial score (nSPS) is 15.7. The van der Waals surface area contributed by atoms with Crippen molar-refractivity contribution in [1.82, 2.24) is 15.1 Å². The van der Waals surface area contributed by atoms with Crippen LogP contribution in [-0.2, 0) is 9.84 Å². The fraction of sp³-hybridized carbons (Fsp3) is 0.368. The van der Waals surface area contributed by atoms with Gasteiger partial charge in [-0.05, 0) is 24.6 Å². The van der Waals surface area contributed by atoms with E-state index in [9.17, 15) is 13.2 Å². The Hall–Kier alpha value is -3.21. The Labute approximate surface area is 174 Å². The van der Waals surface area contributed by atoms with E-state index in [0.717, 1.165) is 6.26 Å². The molecule has 0 unspecified atom stereocenters. The Bertz CT molecular complexity index is 1010. The molecule has 1 aromatic carbocycles. The van der Waals surface area contributed by atoms with Gasteiger partial charge in [-0.15, -0.1) is 10.2 Å². The first-order chi connectivity index (χ1) is 14.2. The lowest BCUT2D eigenvalue weighted by Gasteiger charge is -2.29. The molecule has 0 spiro atoms. The summed E-state index contributed by atoms with van der Waals surface area (Å²) in [5.74, 6) is 0.503. The minimum Gasteiger partial charge on any atom is -0.473 e. The van der Waals surface area contributed by atoms with Gasteiger partial charge in [0, 0.05) is 44.3 Å². The number of carboxylic acid groups (broad SMARTS) is 1. The van der Waals surface area contributed by atoms with Gasteiger partial charge in [0.1, 0.15) is 6.10 Å². The molecule has 11 heteroatoms. The largest absolute Gasteiger partial charge is 0.473 e. The van der Waals surface area contributed by atoms with Crippen molar-refractivity contribution >= 4 is 21.6 Å². The van der Waals surface area contributed by atoms with E-state index in [1.54, 1.807) is 31.2 Å². The maximum Gasteiger partial charge on any atom is 0.407 e. The Morgan fingerprint density at radius 2 is 1.70 bits per heavy atom. The van der Waals surface area contributed by atoms with Gasteiger partial charge >= 0.3 is 6.09 Å². The summed E-state index contributed by atoms with van der Waals surface area (Å²) in [5.41, 5.74) is 1.25. The van der Waals surface area contributed by atoms with Gasteiger partial charge in [0.25, 0.3) is 5.88 Å². The molecule has 0 radical (unpaired) electrons. The van der Waals surface area contributed by atoms with Crippen LogP contribution in [-0.4, -0.2) is 65.9 Å². The van der Waals surface area contributed by atoms with Gasteiger partial charge in [0.15, 0.2) is 9.84 Å². The number of sulfone groups is 1. The molecule has 1 amide bonds. The summed E-state index contributed by atoms with van der Waals surface area (Å²) in [6.07, 6.45) is 1.30. The average Bonchev–Trinajstić information content (AvgIpc) is 2.73. The molecular formula is C19H22N4O6S. The van der Waals surface area contributed by atoms with Crippen molar-refractivity contribution in [2.24, 2.45) is 5.16 Å². The number of amides is 1. The fourth-order valence-corrected chi connectivity index (χ4v) is 3.50. The number of likely N-dealkylation sites (tertiary alicyclic amines) is 1. The van der Waals surface area contributed by atoms with Gasteiger partial charge in [0.2, 0.25) is 5.88 Å². The molecule has 30 heavy (non-hydrogen) atoms. The van der Waals surface area contributed by atoms with Crippen LogP contribution in [0.3, 0.4) is 0 Å². The van der Waals surface area contributed by atoms with Gasteiger partial charge in [-0.25, -0.2) is 13.2 Å². The second-order valence-electron chi connectivity index (χ2n) is 6.86. The van der Waals surface area contributed by atoms with E-state index in [0.29, 0.717) is 43.1 Å². The quantitative estimate of drug-likeness (QED) is 0.541. The number of oxime groups is 1. The molecule has 0 aliphatic carbocycles. The van der Waals surface area contributed by atoms with Crippen molar-refractivity contribution in [2.75, 3.05) is 19.3 Å². The minimum atomic E-state index is -3.25. The third kappa shape index (κ3) is 5.66.